The minimum absolute atomic E-state index is 0.217. The first-order valence-electron chi connectivity index (χ1n) is 8.07. The second-order valence-corrected chi connectivity index (χ2v) is 6.47. The maximum absolute atomic E-state index is 12.3. The molecule has 25 heavy (non-hydrogen) atoms. The standard InChI is InChI=1S/C19H18N2O3S/c1-2-14-8-9-16(20-13-14)10-11-24-21-18(22)17(25-19(21)23)12-15-6-4-3-5-7-15/h3-9,12-13H,2,10-11H2,1H3. The number of thioether (sulfide) groups is 1. The zero-order valence-electron chi connectivity index (χ0n) is 13.8. The highest BCUT2D eigenvalue weighted by molar-refractivity contribution is 8.18. The van der Waals surface area contributed by atoms with E-state index in [0.717, 1.165) is 34.5 Å². The van der Waals surface area contributed by atoms with Crippen LogP contribution in [0.15, 0.2) is 53.6 Å². The molecule has 3 rings (SSSR count). The van der Waals surface area contributed by atoms with Gasteiger partial charge in [0.2, 0.25) is 0 Å². The molecule has 2 amide bonds. The lowest BCUT2D eigenvalue weighted by atomic mass is 10.2. The van der Waals surface area contributed by atoms with E-state index in [-0.39, 0.29) is 6.61 Å². The summed E-state index contributed by atoms with van der Waals surface area (Å²) in [6, 6.07) is 13.4. The van der Waals surface area contributed by atoms with Crippen molar-refractivity contribution in [1.82, 2.24) is 10.0 Å². The third kappa shape index (κ3) is 4.35. The summed E-state index contributed by atoms with van der Waals surface area (Å²) < 4.78 is 0. The topological polar surface area (TPSA) is 59.5 Å². The molecular formula is C19H18N2O3S. The van der Waals surface area contributed by atoms with Crippen LogP contribution >= 0.6 is 11.8 Å². The van der Waals surface area contributed by atoms with Gasteiger partial charge in [0, 0.05) is 18.3 Å². The minimum atomic E-state index is -0.423. The second-order valence-electron chi connectivity index (χ2n) is 5.48. The lowest BCUT2D eigenvalue weighted by molar-refractivity contribution is -0.159. The molecule has 128 valence electrons. The molecule has 0 aliphatic carbocycles. The average Bonchev–Trinajstić information content (AvgIpc) is 2.90. The molecule has 0 unspecified atom stereocenters. The maximum atomic E-state index is 12.3. The summed E-state index contributed by atoms with van der Waals surface area (Å²) in [6.07, 6.45) is 5.00. The summed E-state index contributed by atoms with van der Waals surface area (Å²) in [6.45, 7) is 2.29. The predicted molar refractivity (Wildman–Crippen MR) is 97.5 cm³/mol. The van der Waals surface area contributed by atoms with Gasteiger partial charge >= 0.3 is 5.24 Å². The van der Waals surface area contributed by atoms with Gasteiger partial charge in [0.1, 0.15) is 0 Å². The SMILES string of the molecule is CCc1ccc(CCON2C(=O)SC(=Cc3ccccc3)C2=O)nc1. The summed E-state index contributed by atoms with van der Waals surface area (Å²) in [5, 5.41) is 0.418. The largest absolute Gasteiger partial charge is 0.317 e. The number of aromatic nitrogens is 1. The Hall–Kier alpha value is -2.44. The van der Waals surface area contributed by atoms with Crippen LogP contribution in [0.5, 0.6) is 0 Å². The van der Waals surface area contributed by atoms with E-state index in [1.807, 2.05) is 48.7 Å². The Morgan fingerprint density at radius 1 is 1.16 bits per heavy atom. The first kappa shape index (κ1) is 17.4. The van der Waals surface area contributed by atoms with Crippen molar-refractivity contribution < 1.29 is 14.4 Å². The van der Waals surface area contributed by atoms with Crippen LogP contribution in [0, 0.1) is 0 Å². The predicted octanol–water partition coefficient (Wildman–Crippen LogP) is 3.85. The Morgan fingerprint density at radius 2 is 1.96 bits per heavy atom. The lowest BCUT2D eigenvalue weighted by Gasteiger charge is -2.11. The molecule has 0 saturated carbocycles. The molecule has 0 spiro atoms. The van der Waals surface area contributed by atoms with Crippen LogP contribution in [-0.4, -0.2) is 27.8 Å². The van der Waals surface area contributed by atoms with Crippen molar-refractivity contribution in [3.63, 3.8) is 0 Å². The third-order valence-corrected chi connectivity index (χ3v) is 4.58. The molecule has 1 aromatic heterocycles. The summed E-state index contributed by atoms with van der Waals surface area (Å²) >= 11 is 0.886. The summed E-state index contributed by atoms with van der Waals surface area (Å²) in [5.74, 6) is -0.423. The van der Waals surface area contributed by atoms with E-state index in [4.69, 9.17) is 4.84 Å². The molecule has 0 radical (unpaired) electrons. The molecule has 1 aromatic carbocycles. The fraction of sp³-hybridized carbons (Fsp3) is 0.211. The van der Waals surface area contributed by atoms with Gasteiger partial charge in [-0.2, -0.15) is 0 Å². The van der Waals surface area contributed by atoms with E-state index in [1.54, 1.807) is 6.08 Å². The van der Waals surface area contributed by atoms with Crippen molar-refractivity contribution in [2.75, 3.05) is 6.61 Å². The number of hydrogen-bond donors (Lipinski definition) is 0. The summed E-state index contributed by atoms with van der Waals surface area (Å²) in [5.41, 5.74) is 2.90. The Morgan fingerprint density at radius 3 is 2.64 bits per heavy atom. The number of pyridine rings is 1. The highest BCUT2D eigenvalue weighted by Gasteiger charge is 2.36. The first-order chi connectivity index (χ1) is 12.2. The fourth-order valence-corrected chi connectivity index (χ4v) is 3.09. The van der Waals surface area contributed by atoms with Crippen LogP contribution in [0.4, 0.5) is 4.79 Å². The van der Waals surface area contributed by atoms with Gasteiger partial charge in [-0.3, -0.25) is 19.4 Å². The number of benzene rings is 1. The van der Waals surface area contributed by atoms with Crippen LogP contribution in [0.2, 0.25) is 0 Å². The van der Waals surface area contributed by atoms with Crippen LogP contribution in [0.25, 0.3) is 6.08 Å². The molecule has 0 atom stereocenters. The van der Waals surface area contributed by atoms with Crippen LogP contribution < -0.4 is 0 Å². The van der Waals surface area contributed by atoms with Crippen LogP contribution in [0.1, 0.15) is 23.7 Å². The first-order valence-corrected chi connectivity index (χ1v) is 8.88. The molecule has 0 bridgehead atoms. The molecule has 1 aliphatic heterocycles. The number of hydroxylamine groups is 2. The molecule has 2 heterocycles. The van der Waals surface area contributed by atoms with Gasteiger partial charge in [-0.15, -0.1) is 5.06 Å². The monoisotopic (exact) mass is 354 g/mol. The van der Waals surface area contributed by atoms with Crippen molar-refractivity contribution >= 4 is 29.0 Å². The Labute approximate surface area is 150 Å². The minimum Gasteiger partial charge on any atom is -0.266 e. The van der Waals surface area contributed by atoms with Gasteiger partial charge in [0.25, 0.3) is 5.91 Å². The van der Waals surface area contributed by atoms with Crippen LogP contribution in [0.3, 0.4) is 0 Å². The summed E-state index contributed by atoms with van der Waals surface area (Å²) in [4.78, 5) is 34.4. The number of hydrogen-bond acceptors (Lipinski definition) is 5. The number of amides is 2. The lowest BCUT2D eigenvalue weighted by Crippen LogP contribution is -2.29. The van der Waals surface area contributed by atoms with Gasteiger partial charge in [0.05, 0.1) is 11.5 Å². The number of carbonyl (C=O) groups is 2. The molecule has 2 aromatic rings. The van der Waals surface area contributed by atoms with Gasteiger partial charge in [-0.05, 0) is 41.5 Å². The molecule has 0 N–H and O–H groups in total. The van der Waals surface area contributed by atoms with Crippen molar-refractivity contribution in [3.8, 4) is 0 Å². The number of imide groups is 1. The van der Waals surface area contributed by atoms with Crippen molar-refractivity contribution in [2.24, 2.45) is 0 Å². The maximum Gasteiger partial charge on any atom is 0.317 e. The molecular weight excluding hydrogens is 336 g/mol. The molecule has 5 nitrogen and oxygen atoms in total. The number of carbonyl (C=O) groups excluding carboxylic acids is 2. The van der Waals surface area contributed by atoms with E-state index in [9.17, 15) is 9.59 Å². The van der Waals surface area contributed by atoms with Gasteiger partial charge in [0.15, 0.2) is 0 Å². The van der Waals surface area contributed by atoms with E-state index in [0.29, 0.717) is 11.3 Å². The molecule has 1 fully saturated rings. The molecule has 1 aliphatic rings. The Kier molecular flexibility index (Phi) is 5.63. The van der Waals surface area contributed by atoms with Crippen molar-refractivity contribution in [3.05, 3.63) is 70.4 Å². The zero-order chi connectivity index (χ0) is 17.6. The molecule has 6 heteroatoms. The van der Waals surface area contributed by atoms with Gasteiger partial charge < -0.3 is 0 Å². The smallest absolute Gasteiger partial charge is 0.266 e. The van der Waals surface area contributed by atoms with Crippen molar-refractivity contribution in [1.29, 1.82) is 0 Å². The average molecular weight is 354 g/mol. The third-order valence-electron chi connectivity index (χ3n) is 3.73. The second kappa shape index (κ2) is 8.09. The van der Waals surface area contributed by atoms with Crippen molar-refractivity contribution in [2.45, 2.75) is 19.8 Å². The Balaban J connectivity index is 1.58. The molecule has 1 saturated heterocycles. The highest BCUT2D eigenvalue weighted by Crippen LogP contribution is 2.32. The Bertz CT molecular complexity index is 788. The fourth-order valence-electron chi connectivity index (χ4n) is 2.32. The number of rotatable bonds is 6. The van der Waals surface area contributed by atoms with E-state index < -0.39 is 11.1 Å². The number of nitrogens with zero attached hydrogens (tertiary/aromatic N) is 2. The van der Waals surface area contributed by atoms with Gasteiger partial charge in [-0.25, -0.2) is 0 Å². The zero-order valence-corrected chi connectivity index (χ0v) is 14.7. The van der Waals surface area contributed by atoms with E-state index in [1.165, 1.54) is 5.56 Å². The normalized spacial score (nSPS) is 16.0. The van der Waals surface area contributed by atoms with E-state index >= 15 is 0 Å². The summed E-state index contributed by atoms with van der Waals surface area (Å²) in [7, 11) is 0. The highest BCUT2D eigenvalue weighted by atomic mass is 32.2. The van der Waals surface area contributed by atoms with Crippen LogP contribution in [-0.2, 0) is 22.5 Å². The number of aryl methyl sites for hydroxylation is 1. The van der Waals surface area contributed by atoms with E-state index in [2.05, 4.69) is 11.9 Å². The van der Waals surface area contributed by atoms with Gasteiger partial charge in [-0.1, -0.05) is 43.3 Å². The quantitative estimate of drug-likeness (QED) is 0.737.